The zero-order chi connectivity index (χ0) is 17.7. The van der Waals surface area contributed by atoms with Crippen LogP contribution in [0.15, 0.2) is 17.1 Å². The molecule has 0 bridgehead atoms. The van der Waals surface area contributed by atoms with Gasteiger partial charge in [-0.25, -0.2) is 9.59 Å². The van der Waals surface area contributed by atoms with Crippen LogP contribution in [0.25, 0.3) is 0 Å². The summed E-state index contributed by atoms with van der Waals surface area (Å²) in [5.41, 5.74) is -0.718. The van der Waals surface area contributed by atoms with E-state index in [9.17, 15) is 19.8 Å². The Kier molecular flexibility index (Phi) is 6.29. The van der Waals surface area contributed by atoms with Gasteiger partial charge in [0.05, 0.1) is 12.7 Å². The second kappa shape index (κ2) is 8.22. The molecule has 134 valence electrons. The van der Waals surface area contributed by atoms with E-state index < -0.39 is 36.3 Å². The molecule has 1 aliphatic rings. The van der Waals surface area contributed by atoms with Crippen molar-refractivity contribution < 1.29 is 24.5 Å². The monoisotopic (exact) mass is 341 g/mol. The molecule has 24 heavy (non-hydrogen) atoms. The third kappa shape index (κ3) is 4.31. The van der Waals surface area contributed by atoms with Gasteiger partial charge in [0.25, 0.3) is 0 Å². The van der Waals surface area contributed by atoms with Crippen molar-refractivity contribution in [1.82, 2.24) is 9.55 Å². The number of ether oxygens (including phenoxy) is 2. The number of rotatable bonds is 6. The van der Waals surface area contributed by atoms with Crippen LogP contribution >= 0.6 is 0 Å². The van der Waals surface area contributed by atoms with Crippen molar-refractivity contribution in [2.75, 3.05) is 11.9 Å². The Balaban J connectivity index is 1.97. The number of nitrogens with zero attached hydrogens (tertiary/aromatic N) is 2. The first-order chi connectivity index (χ1) is 11.4. The van der Waals surface area contributed by atoms with Crippen LogP contribution in [0.2, 0.25) is 0 Å². The second-order valence-electron chi connectivity index (χ2n) is 5.68. The first kappa shape index (κ1) is 18.4. The molecule has 9 heteroatoms. The summed E-state index contributed by atoms with van der Waals surface area (Å²) in [6.07, 6.45) is -0.533. The van der Waals surface area contributed by atoms with Crippen LogP contribution in [-0.2, 0) is 9.47 Å². The van der Waals surface area contributed by atoms with Crippen LogP contribution in [-0.4, -0.2) is 50.8 Å². The molecule has 1 fully saturated rings. The van der Waals surface area contributed by atoms with E-state index in [2.05, 4.69) is 10.3 Å². The van der Waals surface area contributed by atoms with Gasteiger partial charge in [0.2, 0.25) is 0 Å². The first-order valence-corrected chi connectivity index (χ1v) is 7.98. The maximum Gasteiger partial charge on any atom is 0.412 e. The molecule has 2 rings (SSSR count). The molecule has 0 saturated carbocycles. The van der Waals surface area contributed by atoms with Gasteiger partial charge in [-0.3, -0.25) is 9.88 Å². The number of nitrogens with one attached hydrogen (secondary N) is 1. The van der Waals surface area contributed by atoms with Gasteiger partial charge in [0, 0.05) is 6.20 Å². The molecule has 1 aromatic rings. The van der Waals surface area contributed by atoms with Crippen LogP contribution in [0.1, 0.15) is 39.3 Å². The Hall–Kier alpha value is -1.97. The molecule has 1 saturated heterocycles. The number of aliphatic hydroxyl groups is 2. The van der Waals surface area contributed by atoms with Crippen molar-refractivity contribution in [3.63, 3.8) is 0 Å². The molecule has 0 unspecified atom stereocenters. The maximum absolute atomic E-state index is 12.1. The average molecular weight is 341 g/mol. The largest absolute Gasteiger partial charge is 0.449 e. The van der Waals surface area contributed by atoms with E-state index >= 15 is 0 Å². The fourth-order valence-electron chi connectivity index (χ4n) is 2.39. The zero-order valence-corrected chi connectivity index (χ0v) is 13.7. The number of hydrogen-bond donors (Lipinski definition) is 3. The lowest BCUT2D eigenvalue weighted by Crippen LogP contribution is -2.35. The Morgan fingerprint density at radius 3 is 2.75 bits per heavy atom. The lowest BCUT2D eigenvalue weighted by molar-refractivity contribution is -0.0350. The minimum atomic E-state index is -1.23. The Bertz CT molecular complexity index is 619. The molecular formula is C15H23N3O6. The fraction of sp³-hybridized carbons (Fsp3) is 0.667. The quantitative estimate of drug-likeness (QED) is 0.648. The highest BCUT2D eigenvalue weighted by atomic mass is 16.6. The standard InChI is InChI=1S/C15H23N3O6/c1-3-4-5-8-23-15(22)17-10-6-7-18(14(21)16-10)13-12(20)11(19)9(2)24-13/h6-7,9,11-13,19-20H,3-5,8H2,1-2H3,(H,16,17,21,22)/t9-,11+,12-,13-/m1/s1. The molecule has 0 radical (unpaired) electrons. The van der Waals surface area contributed by atoms with Crippen LogP contribution < -0.4 is 11.0 Å². The average Bonchev–Trinajstić information content (AvgIpc) is 2.79. The second-order valence-corrected chi connectivity index (χ2v) is 5.68. The van der Waals surface area contributed by atoms with E-state index in [0.29, 0.717) is 6.61 Å². The van der Waals surface area contributed by atoms with Crippen molar-refractivity contribution in [2.24, 2.45) is 0 Å². The minimum Gasteiger partial charge on any atom is -0.449 e. The molecule has 4 atom stereocenters. The third-order valence-corrected chi connectivity index (χ3v) is 3.79. The predicted octanol–water partition coefficient (Wildman–Crippen LogP) is 0.621. The van der Waals surface area contributed by atoms with Crippen LogP contribution in [0.5, 0.6) is 0 Å². The van der Waals surface area contributed by atoms with Gasteiger partial charge in [0.15, 0.2) is 6.23 Å². The van der Waals surface area contributed by atoms with Gasteiger partial charge < -0.3 is 19.7 Å². The summed E-state index contributed by atoms with van der Waals surface area (Å²) in [6.45, 7) is 3.94. The van der Waals surface area contributed by atoms with Gasteiger partial charge >= 0.3 is 11.8 Å². The van der Waals surface area contributed by atoms with E-state index in [0.717, 1.165) is 23.8 Å². The molecular weight excluding hydrogens is 318 g/mol. The highest BCUT2D eigenvalue weighted by molar-refractivity contribution is 5.83. The van der Waals surface area contributed by atoms with E-state index in [1.165, 1.54) is 12.3 Å². The van der Waals surface area contributed by atoms with Crippen molar-refractivity contribution in [3.8, 4) is 0 Å². The molecule has 3 N–H and O–H groups in total. The van der Waals surface area contributed by atoms with Gasteiger partial charge in [0.1, 0.15) is 18.0 Å². The Morgan fingerprint density at radius 1 is 1.42 bits per heavy atom. The Morgan fingerprint density at radius 2 is 2.17 bits per heavy atom. The van der Waals surface area contributed by atoms with Crippen molar-refractivity contribution in [2.45, 2.75) is 57.6 Å². The van der Waals surface area contributed by atoms with Gasteiger partial charge in [-0.15, -0.1) is 0 Å². The molecule has 0 aliphatic carbocycles. The van der Waals surface area contributed by atoms with E-state index in [1.807, 2.05) is 6.92 Å². The summed E-state index contributed by atoms with van der Waals surface area (Å²) in [5.74, 6) is 0.0397. The molecule has 1 aliphatic heterocycles. The fourth-order valence-corrected chi connectivity index (χ4v) is 2.39. The summed E-state index contributed by atoms with van der Waals surface area (Å²) in [4.78, 5) is 27.3. The Labute approximate surface area is 139 Å². The topological polar surface area (TPSA) is 123 Å². The lowest BCUT2D eigenvalue weighted by Gasteiger charge is -2.17. The van der Waals surface area contributed by atoms with Gasteiger partial charge in [-0.1, -0.05) is 19.8 Å². The third-order valence-electron chi connectivity index (χ3n) is 3.79. The van der Waals surface area contributed by atoms with E-state index in [1.54, 1.807) is 6.92 Å². The molecule has 1 amide bonds. The van der Waals surface area contributed by atoms with Gasteiger partial charge in [-0.05, 0) is 19.4 Å². The molecule has 2 heterocycles. The minimum absolute atomic E-state index is 0.0397. The molecule has 1 aromatic heterocycles. The molecule has 0 spiro atoms. The smallest absolute Gasteiger partial charge is 0.412 e. The molecule has 0 aromatic carbocycles. The summed E-state index contributed by atoms with van der Waals surface area (Å²) >= 11 is 0. The highest BCUT2D eigenvalue weighted by Crippen LogP contribution is 2.27. The normalized spacial score (nSPS) is 26.3. The number of aromatic nitrogens is 2. The number of carbonyl (C=O) groups is 1. The van der Waals surface area contributed by atoms with Crippen LogP contribution in [0.4, 0.5) is 10.6 Å². The van der Waals surface area contributed by atoms with Gasteiger partial charge in [-0.2, -0.15) is 4.98 Å². The summed E-state index contributed by atoms with van der Waals surface area (Å²) in [6, 6.07) is 1.39. The number of hydrogen-bond acceptors (Lipinski definition) is 7. The van der Waals surface area contributed by atoms with E-state index in [4.69, 9.17) is 9.47 Å². The van der Waals surface area contributed by atoms with Crippen molar-refractivity contribution in [1.29, 1.82) is 0 Å². The van der Waals surface area contributed by atoms with Crippen LogP contribution in [0.3, 0.4) is 0 Å². The van der Waals surface area contributed by atoms with Crippen molar-refractivity contribution >= 4 is 11.9 Å². The highest BCUT2D eigenvalue weighted by Gasteiger charge is 2.41. The van der Waals surface area contributed by atoms with Crippen LogP contribution in [0, 0.1) is 0 Å². The maximum atomic E-state index is 12.1. The number of anilines is 1. The van der Waals surface area contributed by atoms with E-state index in [-0.39, 0.29) is 5.82 Å². The number of unbranched alkanes of at least 4 members (excludes halogenated alkanes) is 2. The zero-order valence-electron chi connectivity index (χ0n) is 13.7. The summed E-state index contributed by atoms with van der Waals surface area (Å²) in [5, 5.41) is 22.0. The van der Waals surface area contributed by atoms with Crippen molar-refractivity contribution in [3.05, 3.63) is 22.7 Å². The predicted molar refractivity (Wildman–Crippen MR) is 84.6 cm³/mol. The lowest BCUT2D eigenvalue weighted by atomic mass is 10.1. The molecule has 9 nitrogen and oxygen atoms in total. The number of aliphatic hydroxyl groups excluding tert-OH is 2. The summed E-state index contributed by atoms with van der Waals surface area (Å²) < 4.78 is 11.4. The first-order valence-electron chi connectivity index (χ1n) is 7.98. The SMILES string of the molecule is CCCCCOC(=O)Nc1ccn([C@@H]2O[C@H](C)[C@H](O)[C@H]2O)c(=O)n1. The number of carbonyl (C=O) groups excluding carboxylic acids is 1. The summed E-state index contributed by atoms with van der Waals surface area (Å²) in [7, 11) is 0. The number of amides is 1.